The number of aryl methyl sites for hydroxylation is 2. The van der Waals surface area contributed by atoms with Gasteiger partial charge in [0.1, 0.15) is 17.6 Å². The molecule has 0 fully saturated rings. The highest BCUT2D eigenvalue weighted by Gasteiger charge is 2.24. The maximum atomic E-state index is 13.4. The minimum Gasteiger partial charge on any atom is -0.497 e. The zero-order valence-corrected chi connectivity index (χ0v) is 18.9. The molecule has 0 radical (unpaired) electrons. The first-order chi connectivity index (χ1) is 15.0. The van der Waals surface area contributed by atoms with Gasteiger partial charge in [0.15, 0.2) is 0 Å². The SMILES string of the molecule is COc1ccc(C(NC(=O)c2cc(C)n(Cc3cccs3)c2C)c2nccn2C)cc1. The molecule has 0 saturated carbocycles. The summed E-state index contributed by atoms with van der Waals surface area (Å²) in [4.78, 5) is 19.1. The predicted octanol–water partition coefficient (Wildman–Crippen LogP) is 4.48. The Balaban J connectivity index is 1.64. The number of nitrogens with one attached hydrogen (secondary N) is 1. The van der Waals surface area contributed by atoms with Crippen LogP contribution in [0, 0.1) is 13.8 Å². The van der Waals surface area contributed by atoms with Crippen molar-refractivity contribution in [3.8, 4) is 5.75 Å². The predicted molar refractivity (Wildman–Crippen MR) is 123 cm³/mol. The van der Waals surface area contributed by atoms with E-state index in [4.69, 9.17) is 4.74 Å². The van der Waals surface area contributed by atoms with Crippen LogP contribution in [0.25, 0.3) is 0 Å². The van der Waals surface area contributed by atoms with Crippen LogP contribution < -0.4 is 10.1 Å². The van der Waals surface area contributed by atoms with Crippen LogP contribution >= 0.6 is 11.3 Å². The third-order valence-electron chi connectivity index (χ3n) is 5.55. The van der Waals surface area contributed by atoms with Gasteiger partial charge in [0.05, 0.1) is 19.2 Å². The molecule has 3 aromatic heterocycles. The molecule has 4 aromatic rings. The number of nitrogens with zero attached hydrogens (tertiary/aromatic N) is 3. The molecule has 0 bridgehead atoms. The van der Waals surface area contributed by atoms with Crippen molar-refractivity contribution in [1.82, 2.24) is 19.4 Å². The Bertz CT molecular complexity index is 1170. The molecule has 1 atom stereocenters. The second kappa shape index (κ2) is 8.81. The van der Waals surface area contributed by atoms with Crippen LogP contribution in [0.15, 0.2) is 60.2 Å². The molecule has 0 aliphatic heterocycles. The molecule has 7 heteroatoms. The number of amides is 1. The number of carbonyl (C=O) groups excluding carboxylic acids is 1. The lowest BCUT2D eigenvalue weighted by Crippen LogP contribution is -2.31. The minimum atomic E-state index is -0.376. The molecule has 160 valence electrons. The Labute approximate surface area is 186 Å². The van der Waals surface area contributed by atoms with E-state index in [1.807, 2.05) is 68.1 Å². The van der Waals surface area contributed by atoms with Crippen molar-refractivity contribution in [2.45, 2.75) is 26.4 Å². The highest BCUT2D eigenvalue weighted by molar-refractivity contribution is 7.09. The van der Waals surface area contributed by atoms with Gasteiger partial charge in [0, 0.05) is 35.7 Å². The van der Waals surface area contributed by atoms with E-state index in [2.05, 4.69) is 26.3 Å². The maximum Gasteiger partial charge on any atom is 0.253 e. The lowest BCUT2D eigenvalue weighted by Gasteiger charge is -2.19. The second-order valence-corrected chi connectivity index (χ2v) is 8.56. The standard InChI is InChI=1S/C24H26N4O2S/c1-16-14-21(17(2)28(16)15-20-6-5-13-31-20)24(29)26-22(23-25-11-12-27(23)3)18-7-9-19(30-4)10-8-18/h5-14,22H,15H2,1-4H3,(H,26,29). The zero-order valence-electron chi connectivity index (χ0n) is 18.1. The van der Waals surface area contributed by atoms with Crippen molar-refractivity contribution in [3.05, 3.63) is 93.5 Å². The lowest BCUT2D eigenvalue weighted by atomic mass is 10.0. The summed E-state index contributed by atoms with van der Waals surface area (Å²) in [5.41, 5.74) is 3.64. The zero-order chi connectivity index (χ0) is 22.0. The van der Waals surface area contributed by atoms with Gasteiger partial charge in [0.25, 0.3) is 5.91 Å². The van der Waals surface area contributed by atoms with Gasteiger partial charge in [-0.25, -0.2) is 4.98 Å². The number of carbonyl (C=O) groups is 1. The summed E-state index contributed by atoms with van der Waals surface area (Å²) in [5.74, 6) is 1.42. The van der Waals surface area contributed by atoms with Crippen molar-refractivity contribution in [3.63, 3.8) is 0 Å². The largest absolute Gasteiger partial charge is 0.497 e. The van der Waals surface area contributed by atoms with Gasteiger partial charge in [0.2, 0.25) is 0 Å². The Morgan fingerprint density at radius 2 is 2.00 bits per heavy atom. The fourth-order valence-electron chi connectivity index (χ4n) is 3.79. The molecule has 1 unspecified atom stereocenters. The fraction of sp³-hybridized carbons (Fsp3) is 0.250. The topological polar surface area (TPSA) is 61.1 Å². The number of benzene rings is 1. The molecular formula is C24H26N4O2S. The number of thiophene rings is 1. The first kappa shape index (κ1) is 20.9. The first-order valence-corrected chi connectivity index (χ1v) is 11.0. The van der Waals surface area contributed by atoms with Gasteiger partial charge in [-0.2, -0.15) is 0 Å². The Morgan fingerprint density at radius 1 is 1.23 bits per heavy atom. The number of ether oxygens (including phenoxy) is 1. The molecule has 0 spiro atoms. The van der Waals surface area contributed by atoms with Crippen molar-refractivity contribution < 1.29 is 9.53 Å². The highest BCUT2D eigenvalue weighted by Crippen LogP contribution is 2.25. The van der Waals surface area contributed by atoms with Crippen LogP contribution in [0.1, 0.15) is 44.1 Å². The maximum absolute atomic E-state index is 13.4. The van der Waals surface area contributed by atoms with E-state index in [9.17, 15) is 4.79 Å². The molecule has 1 N–H and O–H groups in total. The molecular weight excluding hydrogens is 408 g/mol. The van der Waals surface area contributed by atoms with Gasteiger partial charge in [-0.1, -0.05) is 18.2 Å². The van der Waals surface area contributed by atoms with Crippen LogP contribution in [0.4, 0.5) is 0 Å². The number of rotatable bonds is 7. The fourth-order valence-corrected chi connectivity index (χ4v) is 4.48. The molecule has 1 aromatic carbocycles. The Hall–Kier alpha value is -3.32. The molecule has 6 nitrogen and oxygen atoms in total. The minimum absolute atomic E-state index is 0.116. The molecule has 0 aliphatic carbocycles. The van der Waals surface area contributed by atoms with Crippen molar-refractivity contribution >= 4 is 17.2 Å². The highest BCUT2D eigenvalue weighted by atomic mass is 32.1. The average Bonchev–Trinajstić information content (AvgIpc) is 3.50. The Morgan fingerprint density at radius 3 is 2.61 bits per heavy atom. The van der Waals surface area contributed by atoms with Crippen LogP contribution in [0.2, 0.25) is 0 Å². The van der Waals surface area contributed by atoms with E-state index in [-0.39, 0.29) is 11.9 Å². The number of aromatic nitrogens is 3. The quantitative estimate of drug-likeness (QED) is 0.467. The van der Waals surface area contributed by atoms with E-state index in [1.165, 1.54) is 4.88 Å². The first-order valence-electron chi connectivity index (χ1n) is 10.1. The summed E-state index contributed by atoms with van der Waals surface area (Å²) in [5, 5.41) is 5.27. The van der Waals surface area contributed by atoms with Crippen LogP contribution in [0.5, 0.6) is 5.75 Å². The molecule has 4 rings (SSSR count). The smallest absolute Gasteiger partial charge is 0.253 e. The van der Waals surface area contributed by atoms with Crippen LogP contribution in [0.3, 0.4) is 0 Å². The van der Waals surface area contributed by atoms with E-state index >= 15 is 0 Å². The summed E-state index contributed by atoms with van der Waals surface area (Å²) in [6.07, 6.45) is 3.62. The summed E-state index contributed by atoms with van der Waals surface area (Å²) in [6.45, 7) is 4.81. The second-order valence-electron chi connectivity index (χ2n) is 7.53. The summed E-state index contributed by atoms with van der Waals surface area (Å²) < 4.78 is 9.39. The average molecular weight is 435 g/mol. The molecule has 0 saturated heterocycles. The molecule has 1 amide bonds. The van der Waals surface area contributed by atoms with E-state index in [0.717, 1.165) is 35.1 Å². The number of methoxy groups -OCH3 is 1. The number of imidazole rings is 1. The summed E-state index contributed by atoms with van der Waals surface area (Å²) >= 11 is 1.72. The third-order valence-corrected chi connectivity index (χ3v) is 6.41. The number of hydrogen-bond acceptors (Lipinski definition) is 4. The van der Waals surface area contributed by atoms with Crippen LogP contribution in [-0.4, -0.2) is 27.1 Å². The van der Waals surface area contributed by atoms with Crippen molar-refractivity contribution in [1.29, 1.82) is 0 Å². The molecule has 3 heterocycles. The van der Waals surface area contributed by atoms with Gasteiger partial charge < -0.3 is 19.2 Å². The van der Waals surface area contributed by atoms with Gasteiger partial charge in [-0.15, -0.1) is 11.3 Å². The van der Waals surface area contributed by atoms with E-state index in [0.29, 0.717) is 5.56 Å². The van der Waals surface area contributed by atoms with E-state index < -0.39 is 0 Å². The monoisotopic (exact) mass is 434 g/mol. The van der Waals surface area contributed by atoms with Gasteiger partial charge in [-0.05, 0) is 49.1 Å². The number of hydrogen-bond donors (Lipinski definition) is 1. The van der Waals surface area contributed by atoms with E-state index in [1.54, 1.807) is 24.6 Å². The normalized spacial score (nSPS) is 12.0. The summed E-state index contributed by atoms with van der Waals surface area (Å²) in [6, 6.07) is 13.4. The Kier molecular flexibility index (Phi) is 5.95. The molecule has 31 heavy (non-hydrogen) atoms. The van der Waals surface area contributed by atoms with Crippen molar-refractivity contribution in [2.75, 3.05) is 7.11 Å². The van der Waals surface area contributed by atoms with Crippen molar-refractivity contribution in [2.24, 2.45) is 7.05 Å². The molecule has 0 aliphatic rings. The summed E-state index contributed by atoms with van der Waals surface area (Å²) in [7, 11) is 3.57. The lowest BCUT2D eigenvalue weighted by molar-refractivity contribution is 0.0940. The van der Waals surface area contributed by atoms with Crippen LogP contribution in [-0.2, 0) is 13.6 Å². The third kappa shape index (κ3) is 4.27. The van der Waals surface area contributed by atoms with Gasteiger partial charge >= 0.3 is 0 Å². The van der Waals surface area contributed by atoms with Gasteiger partial charge in [-0.3, -0.25) is 4.79 Å².